The summed E-state index contributed by atoms with van der Waals surface area (Å²) in [5, 5.41) is 14.0. The fourth-order valence-electron chi connectivity index (χ4n) is 1.99. The highest BCUT2D eigenvalue weighted by Crippen LogP contribution is 2.24. The molecule has 15 heavy (non-hydrogen) atoms. The lowest BCUT2D eigenvalue weighted by molar-refractivity contribution is -0.0155. The van der Waals surface area contributed by atoms with Gasteiger partial charge in [-0.25, -0.2) is 0 Å². The largest absolute Gasteiger partial charge is 0.388 e. The smallest absolute Gasteiger partial charge is 0.0845 e. The Hall–Kier alpha value is -0.870. The van der Waals surface area contributed by atoms with E-state index in [1.165, 1.54) is 6.42 Å². The van der Waals surface area contributed by atoms with Crippen molar-refractivity contribution >= 4 is 0 Å². The normalized spacial score (nSPS) is 24.0. The zero-order chi connectivity index (χ0) is 10.7. The van der Waals surface area contributed by atoms with E-state index in [0.29, 0.717) is 6.42 Å². The Kier molecular flexibility index (Phi) is 3.38. The number of hydrogen-bond acceptors (Lipinski definition) is 3. The van der Waals surface area contributed by atoms with Crippen molar-refractivity contribution in [2.75, 3.05) is 6.61 Å². The van der Waals surface area contributed by atoms with Crippen LogP contribution in [0.4, 0.5) is 0 Å². The van der Waals surface area contributed by atoms with Gasteiger partial charge in [0.1, 0.15) is 0 Å². The third-order valence-corrected chi connectivity index (χ3v) is 2.87. The second-order valence-corrected chi connectivity index (χ2v) is 4.19. The van der Waals surface area contributed by atoms with Crippen LogP contribution in [0.15, 0.2) is 12.4 Å². The lowest BCUT2D eigenvalue weighted by Crippen LogP contribution is -2.21. The van der Waals surface area contributed by atoms with Gasteiger partial charge in [-0.05, 0) is 19.3 Å². The van der Waals surface area contributed by atoms with Gasteiger partial charge in [0, 0.05) is 31.8 Å². The molecule has 1 aromatic heterocycles. The summed E-state index contributed by atoms with van der Waals surface area (Å²) in [7, 11) is 1.85. The molecule has 0 aromatic carbocycles. The zero-order valence-corrected chi connectivity index (χ0v) is 9.09. The van der Waals surface area contributed by atoms with Gasteiger partial charge in [-0.3, -0.25) is 4.68 Å². The summed E-state index contributed by atoms with van der Waals surface area (Å²) in [4.78, 5) is 0. The monoisotopic (exact) mass is 210 g/mol. The average Bonchev–Trinajstić information content (AvgIpc) is 2.66. The molecular formula is C11H18N2O2. The number of hydrogen-bond donors (Lipinski definition) is 1. The summed E-state index contributed by atoms with van der Waals surface area (Å²) in [6.45, 7) is 0.838. The van der Waals surface area contributed by atoms with Crippen LogP contribution >= 0.6 is 0 Å². The van der Waals surface area contributed by atoms with Crippen LogP contribution in [0.1, 0.15) is 37.4 Å². The summed E-state index contributed by atoms with van der Waals surface area (Å²) >= 11 is 0. The van der Waals surface area contributed by atoms with Crippen molar-refractivity contribution in [2.45, 2.75) is 37.9 Å². The highest BCUT2D eigenvalue weighted by atomic mass is 16.5. The number of nitrogens with zero attached hydrogens (tertiary/aromatic N) is 2. The van der Waals surface area contributed by atoms with E-state index in [0.717, 1.165) is 25.0 Å². The van der Waals surface area contributed by atoms with Crippen molar-refractivity contribution < 1.29 is 9.84 Å². The van der Waals surface area contributed by atoms with Gasteiger partial charge < -0.3 is 9.84 Å². The topological polar surface area (TPSA) is 47.3 Å². The molecule has 2 atom stereocenters. The maximum Gasteiger partial charge on any atom is 0.0845 e. The van der Waals surface area contributed by atoms with Crippen molar-refractivity contribution in [3.63, 3.8) is 0 Å². The van der Waals surface area contributed by atoms with E-state index in [-0.39, 0.29) is 6.10 Å². The first-order valence-corrected chi connectivity index (χ1v) is 5.54. The van der Waals surface area contributed by atoms with Crippen molar-refractivity contribution in [3.05, 3.63) is 18.0 Å². The molecular weight excluding hydrogens is 192 g/mol. The minimum atomic E-state index is -0.443. The molecule has 2 heterocycles. The molecule has 1 N–H and O–H groups in total. The number of aromatic nitrogens is 2. The standard InChI is InChI=1S/C11H18N2O2/c1-13-8-9(7-12-13)11(14)6-10-4-2-3-5-15-10/h7-8,10-11,14H,2-6H2,1H3. The molecule has 2 unspecified atom stereocenters. The Labute approximate surface area is 89.9 Å². The van der Waals surface area contributed by atoms with Crippen molar-refractivity contribution in [3.8, 4) is 0 Å². The Morgan fingerprint density at radius 1 is 1.67 bits per heavy atom. The molecule has 1 aliphatic heterocycles. The molecule has 0 saturated carbocycles. The zero-order valence-electron chi connectivity index (χ0n) is 9.09. The maximum atomic E-state index is 9.95. The van der Waals surface area contributed by atoms with E-state index >= 15 is 0 Å². The molecule has 0 radical (unpaired) electrons. The van der Waals surface area contributed by atoms with Gasteiger partial charge in [0.15, 0.2) is 0 Å². The van der Waals surface area contributed by atoms with Gasteiger partial charge in [0.2, 0.25) is 0 Å². The Morgan fingerprint density at radius 2 is 2.53 bits per heavy atom. The Balaban J connectivity index is 1.88. The van der Waals surface area contributed by atoms with Gasteiger partial charge in [-0.15, -0.1) is 0 Å². The predicted molar refractivity (Wildman–Crippen MR) is 56.4 cm³/mol. The highest BCUT2D eigenvalue weighted by Gasteiger charge is 2.19. The molecule has 0 spiro atoms. The second-order valence-electron chi connectivity index (χ2n) is 4.19. The molecule has 1 aromatic rings. The molecule has 2 rings (SSSR count). The number of aryl methyl sites for hydroxylation is 1. The van der Waals surface area contributed by atoms with Crippen molar-refractivity contribution in [2.24, 2.45) is 7.05 Å². The Bertz CT molecular complexity index is 305. The molecule has 1 aliphatic rings. The van der Waals surface area contributed by atoms with E-state index in [1.807, 2.05) is 13.2 Å². The van der Waals surface area contributed by atoms with Crippen LogP contribution in [0.25, 0.3) is 0 Å². The SMILES string of the molecule is Cn1cc(C(O)CC2CCCCO2)cn1. The minimum Gasteiger partial charge on any atom is -0.388 e. The number of aliphatic hydroxyl groups is 1. The lowest BCUT2D eigenvalue weighted by Gasteiger charge is -2.24. The van der Waals surface area contributed by atoms with E-state index in [4.69, 9.17) is 4.74 Å². The van der Waals surface area contributed by atoms with Crippen molar-refractivity contribution in [1.29, 1.82) is 0 Å². The van der Waals surface area contributed by atoms with Crippen LogP contribution in [0, 0.1) is 0 Å². The molecule has 84 valence electrons. The van der Waals surface area contributed by atoms with Gasteiger partial charge in [0.25, 0.3) is 0 Å². The van der Waals surface area contributed by atoms with Gasteiger partial charge in [-0.2, -0.15) is 5.10 Å². The van der Waals surface area contributed by atoms with E-state index < -0.39 is 6.10 Å². The van der Waals surface area contributed by atoms with E-state index in [1.54, 1.807) is 10.9 Å². The second kappa shape index (κ2) is 4.77. The third-order valence-electron chi connectivity index (χ3n) is 2.87. The maximum absolute atomic E-state index is 9.95. The van der Waals surface area contributed by atoms with Crippen LogP contribution in [-0.2, 0) is 11.8 Å². The first-order chi connectivity index (χ1) is 7.25. The fourth-order valence-corrected chi connectivity index (χ4v) is 1.99. The first kappa shape index (κ1) is 10.6. The fraction of sp³-hybridized carbons (Fsp3) is 0.727. The Morgan fingerprint density at radius 3 is 3.13 bits per heavy atom. The first-order valence-electron chi connectivity index (χ1n) is 5.54. The van der Waals surface area contributed by atoms with Crippen LogP contribution in [0.2, 0.25) is 0 Å². The molecule has 1 saturated heterocycles. The van der Waals surface area contributed by atoms with Crippen LogP contribution in [0.5, 0.6) is 0 Å². The van der Waals surface area contributed by atoms with Gasteiger partial charge in [0.05, 0.1) is 18.4 Å². The van der Waals surface area contributed by atoms with Crippen molar-refractivity contribution in [1.82, 2.24) is 9.78 Å². The van der Waals surface area contributed by atoms with Gasteiger partial charge in [-0.1, -0.05) is 0 Å². The highest BCUT2D eigenvalue weighted by molar-refractivity contribution is 5.07. The summed E-state index contributed by atoms with van der Waals surface area (Å²) < 4.78 is 7.30. The minimum absolute atomic E-state index is 0.217. The number of rotatable bonds is 3. The quantitative estimate of drug-likeness (QED) is 0.820. The van der Waals surface area contributed by atoms with Crippen LogP contribution in [0.3, 0.4) is 0 Å². The van der Waals surface area contributed by atoms with E-state index in [2.05, 4.69) is 5.10 Å². The third kappa shape index (κ3) is 2.79. The van der Waals surface area contributed by atoms with Crippen LogP contribution in [-0.4, -0.2) is 27.6 Å². The molecule has 0 bridgehead atoms. The predicted octanol–water partition coefficient (Wildman–Crippen LogP) is 1.41. The van der Waals surface area contributed by atoms with Gasteiger partial charge >= 0.3 is 0 Å². The molecule has 1 fully saturated rings. The molecule has 4 heteroatoms. The van der Waals surface area contributed by atoms with Crippen LogP contribution < -0.4 is 0 Å². The summed E-state index contributed by atoms with van der Waals surface area (Å²) in [5.41, 5.74) is 0.881. The summed E-state index contributed by atoms with van der Waals surface area (Å²) in [5.74, 6) is 0. The summed E-state index contributed by atoms with van der Waals surface area (Å²) in [6.07, 6.45) is 7.46. The molecule has 0 amide bonds. The number of ether oxygens (including phenoxy) is 1. The average molecular weight is 210 g/mol. The molecule has 0 aliphatic carbocycles. The molecule has 4 nitrogen and oxygen atoms in total. The van der Waals surface area contributed by atoms with E-state index in [9.17, 15) is 5.11 Å². The number of aliphatic hydroxyl groups excluding tert-OH is 1. The lowest BCUT2D eigenvalue weighted by atomic mass is 10.0. The summed E-state index contributed by atoms with van der Waals surface area (Å²) in [6, 6.07) is 0.